The average Bonchev–Trinajstić information content (AvgIpc) is 3.49. The molecule has 2 aromatic carbocycles. The van der Waals surface area contributed by atoms with E-state index in [4.69, 9.17) is 9.05 Å². The maximum atomic E-state index is 13.4. The molecule has 1 fully saturated rings. The summed E-state index contributed by atoms with van der Waals surface area (Å²) >= 11 is 0. The van der Waals surface area contributed by atoms with E-state index in [2.05, 4.69) is 20.9 Å². The van der Waals surface area contributed by atoms with Gasteiger partial charge >= 0.3 is 0 Å². The Bertz CT molecular complexity index is 1260. The minimum Gasteiger partial charge on any atom is -0.360 e. The van der Waals surface area contributed by atoms with Gasteiger partial charge in [-0.25, -0.2) is 0 Å². The fourth-order valence-electron chi connectivity index (χ4n) is 4.82. The summed E-state index contributed by atoms with van der Waals surface area (Å²) in [6.45, 7) is 3.46. The first-order valence-electron chi connectivity index (χ1n) is 12.2. The zero-order valence-electron chi connectivity index (χ0n) is 20.3. The zero-order chi connectivity index (χ0) is 25.1. The van der Waals surface area contributed by atoms with Crippen LogP contribution in [0, 0.1) is 13.8 Å². The lowest BCUT2D eigenvalue weighted by Gasteiger charge is -2.32. The molecule has 2 amide bonds. The maximum absolute atomic E-state index is 13.4. The third kappa shape index (κ3) is 4.66. The number of aryl methyl sites for hydroxylation is 2. The standard InChI is InChI=1S/C28H28N4O4/c1-17-23(25(31-35-17)19-11-5-3-6-12-19)27(33)29-21-15-9-10-16-22(21)30-28(34)24-18(2)36-32-26(24)20-13-7-4-8-14-20/h3-8,11-14,21-22H,9-10,15-16H2,1-2H3,(H,29,33)(H,30,34)/t21-,22+. The van der Waals surface area contributed by atoms with Gasteiger partial charge in [-0.2, -0.15) is 0 Å². The van der Waals surface area contributed by atoms with Crippen molar-refractivity contribution in [3.63, 3.8) is 0 Å². The number of hydrogen-bond donors (Lipinski definition) is 2. The number of rotatable bonds is 6. The van der Waals surface area contributed by atoms with Gasteiger partial charge in [0.15, 0.2) is 0 Å². The van der Waals surface area contributed by atoms with Crippen molar-refractivity contribution in [3.05, 3.63) is 83.3 Å². The number of hydrogen-bond acceptors (Lipinski definition) is 6. The fourth-order valence-corrected chi connectivity index (χ4v) is 4.82. The van der Waals surface area contributed by atoms with E-state index >= 15 is 0 Å². The van der Waals surface area contributed by atoms with E-state index in [0.29, 0.717) is 34.0 Å². The molecule has 0 unspecified atom stereocenters. The van der Waals surface area contributed by atoms with Crippen LogP contribution in [0.25, 0.3) is 22.5 Å². The van der Waals surface area contributed by atoms with E-state index in [-0.39, 0.29) is 23.9 Å². The Kier molecular flexibility index (Phi) is 6.66. The van der Waals surface area contributed by atoms with Gasteiger partial charge in [-0.1, -0.05) is 83.8 Å². The Hall–Kier alpha value is -4.20. The molecule has 4 aromatic rings. The molecule has 8 heteroatoms. The molecule has 0 radical (unpaired) electrons. The number of aromatic nitrogens is 2. The summed E-state index contributed by atoms with van der Waals surface area (Å²) in [5.74, 6) is 0.389. The van der Waals surface area contributed by atoms with Gasteiger partial charge in [0.1, 0.15) is 34.0 Å². The number of nitrogens with zero attached hydrogens (tertiary/aromatic N) is 2. The van der Waals surface area contributed by atoms with E-state index in [0.717, 1.165) is 36.8 Å². The van der Waals surface area contributed by atoms with Crippen molar-refractivity contribution in [2.24, 2.45) is 0 Å². The molecule has 2 aromatic heterocycles. The molecule has 0 saturated heterocycles. The first-order valence-corrected chi connectivity index (χ1v) is 12.2. The highest BCUT2D eigenvalue weighted by atomic mass is 16.5. The molecular formula is C28H28N4O4. The quantitative estimate of drug-likeness (QED) is 0.395. The summed E-state index contributed by atoms with van der Waals surface area (Å²) in [6.07, 6.45) is 3.45. The lowest BCUT2D eigenvalue weighted by atomic mass is 9.89. The molecule has 184 valence electrons. The first kappa shape index (κ1) is 23.5. The molecule has 0 bridgehead atoms. The molecule has 36 heavy (non-hydrogen) atoms. The first-order chi connectivity index (χ1) is 17.5. The molecular weight excluding hydrogens is 456 g/mol. The Labute approximate surface area is 209 Å². The third-order valence-corrected chi connectivity index (χ3v) is 6.67. The number of amides is 2. The zero-order valence-corrected chi connectivity index (χ0v) is 20.3. The lowest BCUT2D eigenvalue weighted by molar-refractivity contribution is 0.0861. The molecule has 0 spiro atoms. The van der Waals surface area contributed by atoms with Crippen LogP contribution in [-0.2, 0) is 0 Å². The predicted molar refractivity (Wildman–Crippen MR) is 134 cm³/mol. The highest BCUT2D eigenvalue weighted by Crippen LogP contribution is 2.28. The molecule has 2 heterocycles. The van der Waals surface area contributed by atoms with Crippen LogP contribution >= 0.6 is 0 Å². The smallest absolute Gasteiger partial charge is 0.257 e. The Balaban J connectivity index is 1.35. The molecule has 8 nitrogen and oxygen atoms in total. The second-order valence-electron chi connectivity index (χ2n) is 9.10. The topological polar surface area (TPSA) is 110 Å². The molecule has 2 atom stereocenters. The minimum absolute atomic E-state index is 0.228. The number of benzene rings is 2. The molecule has 1 aliphatic carbocycles. The van der Waals surface area contributed by atoms with E-state index in [1.54, 1.807) is 13.8 Å². The second-order valence-corrected chi connectivity index (χ2v) is 9.10. The number of nitrogens with one attached hydrogen (secondary N) is 2. The van der Waals surface area contributed by atoms with Gasteiger partial charge < -0.3 is 19.7 Å². The number of carbonyl (C=O) groups excluding carboxylic acids is 2. The fraction of sp³-hybridized carbons (Fsp3) is 0.286. The maximum Gasteiger partial charge on any atom is 0.257 e. The minimum atomic E-state index is -0.259. The van der Waals surface area contributed by atoms with Gasteiger partial charge in [-0.05, 0) is 26.7 Å². The Morgan fingerprint density at radius 2 is 1.08 bits per heavy atom. The molecule has 1 saturated carbocycles. The summed E-state index contributed by atoms with van der Waals surface area (Å²) < 4.78 is 10.7. The van der Waals surface area contributed by atoms with Crippen LogP contribution in [0.1, 0.15) is 57.9 Å². The third-order valence-electron chi connectivity index (χ3n) is 6.67. The van der Waals surface area contributed by atoms with Crippen molar-refractivity contribution in [2.75, 3.05) is 0 Å². The van der Waals surface area contributed by atoms with Crippen LogP contribution in [0.4, 0.5) is 0 Å². The lowest BCUT2D eigenvalue weighted by Crippen LogP contribution is -2.53. The van der Waals surface area contributed by atoms with Crippen LogP contribution in [0.5, 0.6) is 0 Å². The van der Waals surface area contributed by atoms with Crippen molar-refractivity contribution in [3.8, 4) is 22.5 Å². The van der Waals surface area contributed by atoms with Crippen LogP contribution in [0.15, 0.2) is 69.7 Å². The normalized spacial score (nSPS) is 17.5. The molecule has 0 aliphatic heterocycles. The van der Waals surface area contributed by atoms with Gasteiger partial charge in [0.25, 0.3) is 11.8 Å². The van der Waals surface area contributed by atoms with E-state index in [1.807, 2.05) is 60.7 Å². The predicted octanol–water partition coefficient (Wildman–Crippen LogP) is 5.08. The van der Waals surface area contributed by atoms with Gasteiger partial charge in [0.05, 0.1) is 0 Å². The van der Waals surface area contributed by atoms with Gasteiger partial charge in [0, 0.05) is 23.2 Å². The van der Waals surface area contributed by atoms with E-state index < -0.39 is 0 Å². The van der Waals surface area contributed by atoms with Crippen LogP contribution in [0.3, 0.4) is 0 Å². The monoisotopic (exact) mass is 484 g/mol. The van der Waals surface area contributed by atoms with Crippen LogP contribution < -0.4 is 10.6 Å². The molecule has 1 aliphatic rings. The van der Waals surface area contributed by atoms with Crippen molar-refractivity contribution < 1.29 is 18.6 Å². The molecule has 2 N–H and O–H groups in total. The Morgan fingerprint density at radius 1 is 0.694 bits per heavy atom. The van der Waals surface area contributed by atoms with Gasteiger partial charge in [-0.3, -0.25) is 9.59 Å². The summed E-state index contributed by atoms with van der Waals surface area (Å²) in [5, 5.41) is 14.5. The average molecular weight is 485 g/mol. The SMILES string of the molecule is Cc1onc(-c2ccccc2)c1C(=O)N[C@H]1CCCC[C@H]1NC(=O)c1c(-c2ccccc2)noc1C. The van der Waals surface area contributed by atoms with Crippen LogP contribution in [-0.4, -0.2) is 34.2 Å². The molecule has 5 rings (SSSR count). The van der Waals surface area contributed by atoms with Gasteiger partial charge in [-0.15, -0.1) is 0 Å². The van der Waals surface area contributed by atoms with Gasteiger partial charge in [0.2, 0.25) is 0 Å². The summed E-state index contributed by atoms with van der Waals surface area (Å²) in [7, 11) is 0. The second kappa shape index (κ2) is 10.2. The van der Waals surface area contributed by atoms with Crippen molar-refractivity contribution in [1.82, 2.24) is 20.9 Å². The van der Waals surface area contributed by atoms with E-state index in [1.165, 1.54) is 0 Å². The summed E-state index contributed by atoms with van der Waals surface area (Å²) in [4.78, 5) is 26.8. The van der Waals surface area contributed by atoms with Crippen molar-refractivity contribution in [1.29, 1.82) is 0 Å². The highest BCUT2D eigenvalue weighted by Gasteiger charge is 2.32. The summed E-state index contributed by atoms with van der Waals surface area (Å²) in [5.41, 5.74) is 3.47. The Morgan fingerprint density at radius 3 is 1.47 bits per heavy atom. The van der Waals surface area contributed by atoms with E-state index in [9.17, 15) is 9.59 Å². The largest absolute Gasteiger partial charge is 0.360 e. The van der Waals surface area contributed by atoms with Crippen LogP contribution in [0.2, 0.25) is 0 Å². The summed E-state index contributed by atoms with van der Waals surface area (Å²) in [6, 6.07) is 18.5. The highest BCUT2D eigenvalue weighted by molar-refractivity contribution is 6.02. The van der Waals surface area contributed by atoms with Crippen molar-refractivity contribution >= 4 is 11.8 Å². The van der Waals surface area contributed by atoms with Crippen molar-refractivity contribution in [2.45, 2.75) is 51.6 Å². The number of carbonyl (C=O) groups is 2.